The number of anilines is 1. The molecule has 0 aliphatic rings. The Labute approximate surface area is 170 Å². The van der Waals surface area contributed by atoms with Crippen molar-refractivity contribution in [2.24, 2.45) is 0 Å². The number of aromatic nitrogens is 2. The molecule has 0 saturated heterocycles. The van der Waals surface area contributed by atoms with Crippen LogP contribution >= 0.6 is 22.9 Å². The predicted octanol–water partition coefficient (Wildman–Crippen LogP) is 3.95. The van der Waals surface area contributed by atoms with Gasteiger partial charge in [-0.25, -0.2) is 4.98 Å². The van der Waals surface area contributed by atoms with Gasteiger partial charge in [-0.05, 0) is 25.1 Å². The molecule has 0 fully saturated rings. The van der Waals surface area contributed by atoms with Crippen molar-refractivity contribution < 1.29 is 19.1 Å². The van der Waals surface area contributed by atoms with E-state index in [4.69, 9.17) is 21.1 Å². The number of ether oxygens (including phenoxy) is 2. The lowest BCUT2D eigenvalue weighted by atomic mass is 10.1. The fourth-order valence-corrected chi connectivity index (χ4v) is 3.52. The first-order valence-corrected chi connectivity index (χ1v) is 9.69. The van der Waals surface area contributed by atoms with Crippen molar-refractivity contribution in [2.75, 3.05) is 19.0 Å². The highest BCUT2D eigenvalue weighted by Crippen LogP contribution is 2.30. The molecule has 9 heteroatoms. The lowest BCUT2D eigenvalue weighted by molar-refractivity contribution is -0.142. The molecule has 3 rings (SSSR count). The average Bonchev–Trinajstić information content (AvgIpc) is 3.34. The molecule has 28 heavy (non-hydrogen) atoms. The van der Waals surface area contributed by atoms with Gasteiger partial charge in [0.1, 0.15) is 5.75 Å². The number of halogens is 1. The maximum Gasteiger partial charge on any atom is 0.311 e. The van der Waals surface area contributed by atoms with Crippen molar-refractivity contribution in [1.82, 2.24) is 9.55 Å². The number of thiazole rings is 1. The van der Waals surface area contributed by atoms with Gasteiger partial charge in [0.15, 0.2) is 5.13 Å². The van der Waals surface area contributed by atoms with Crippen LogP contribution < -0.4 is 10.1 Å². The zero-order chi connectivity index (χ0) is 20.1. The Morgan fingerprint density at radius 1 is 1.29 bits per heavy atom. The summed E-state index contributed by atoms with van der Waals surface area (Å²) in [6.45, 7) is 2.05. The third-order valence-electron chi connectivity index (χ3n) is 3.80. The number of carbonyl (C=O) groups is 2. The Hall–Kier alpha value is -2.84. The molecule has 0 aliphatic carbocycles. The van der Waals surface area contributed by atoms with Crippen LogP contribution in [0.5, 0.6) is 5.75 Å². The molecule has 2 aromatic heterocycles. The molecular formula is C19H18ClN3O4S. The Bertz CT molecular complexity index is 985. The Morgan fingerprint density at radius 3 is 2.71 bits per heavy atom. The fourth-order valence-electron chi connectivity index (χ4n) is 2.55. The second-order valence-corrected chi connectivity index (χ2v) is 6.94. The largest absolute Gasteiger partial charge is 0.496 e. The van der Waals surface area contributed by atoms with Crippen LogP contribution in [0.25, 0.3) is 5.69 Å². The molecule has 0 unspecified atom stereocenters. The number of nitrogens with one attached hydrogen (secondary N) is 1. The third-order valence-corrected chi connectivity index (χ3v) is 4.91. The van der Waals surface area contributed by atoms with Crippen LogP contribution in [0.3, 0.4) is 0 Å². The minimum Gasteiger partial charge on any atom is -0.496 e. The Morgan fingerprint density at radius 2 is 2.04 bits per heavy atom. The highest BCUT2D eigenvalue weighted by molar-refractivity contribution is 7.14. The lowest BCUT2D eigenvalue weighted by Crippen LogP contribution is -2.14. The number of hydrogen-bond donors (Lipinski definition) is 1. The zero-order valence-corrected chi connectivity index (χ0v) is 16.8. The van der Waals surface area contributed by atoms with E-state index < -0.39 is 5.91 Å². The van der Waals surface area contributed by atoms with E-state index in [0.29, 0.717) is 33.9 Å². The number of esters is 1. The summed E-state index contributed by atoms with van der Waals surface area (Å²) in [5, 5.41) is 5.19. The van der Waals surface area contributed by atoms with Crippen LogP contribution in [-0.4, -0.2) is 35.1 Å². The van der Waals surface area contributed by atoms with Gasteiger partial charge in [-0.2, -0.15) is 0 Å². The number of methoxy groups -OCH3 is 1. The van der Waals surface area contributed by atoms with Gasteiger partial charge in [-0.1, -0.05) is 11.6 Å². The maximum absolute atomic E-state index is 12.7. The summed E-state index contributed by atoms with van der Waals surface area (Å²) in [7, 11) is 1.49. The van der Waals surface area contributed by atoms with E-state index in [1.807, 2.05) is 29.1 Å². The first-order chi connectivity index (χ1) is 13.5. The van der Waals surface area contributed by atoms with Gasteiger partial charge in [-0.3, -0.25) is 14.9 Å². The molecule has 2 heterocycles. The average molecular weight is 420 g/mol. The monoisotopic (exact) mass is 419 g/mol. The molecule has 0 atom stereocenters. The van der Waals surface area contributed by atoms with Gasteiger partial charge in [0.25, 0.3) is 5.91 Å². The van der Waals surface area contributed by atoms with E-state index in [1.54, 1.807) is 24.4 Å². The summed E-state index contributed by atoms with van der Waals surface area (Å²) in [6.07, 6.45) is 3.75. The van der Waals surface area contributed by atoms with E-state index in [9.17, 15) is 9.59 Å². The molecule has 0 saturated carbocycles. The summed E-state index contributed by atoms with van der Waals surface area (Å²) >= 11 is 7.59. The van der Waals surface area contributed by atoms with E-state index in [-0.39, 0.29) is 18.0 Å². The summed E-state index contributed by atoms with van der Waals surface area (Å²) in [4.78, 5) is 28.5. The van der Waals surface area contributed by atoms with Crippen molar-refractivity contribution in [3.8, 4) is 11.4 Å². The molecule has 3 aromatic rings. The van der Waals surface area contributed by atoms with Crippen LogP contribution in [0.2, 0.25) is 5.02 Å². The van der Waals surface area contributed by atoms with Crippen molar-refractivity contribution in [2.45, 2.75) is 13.3 Å². The van der Waals surface area contributed by atoms with Gasteiger partial charge in [0, 0.05) is 23.8 Å². The molecule has 1 aromatic carbocycles. The smallest absolute Gasteiger partial charge is 0.311 e. The second-order valence-electron chi connectivity index (χ2n) is 5.67. The van der Waals surface area contributed by atoms with E-state index in [2.05, 4.69) is 10.3 Å². The molecular weight excluding hydrogens is 402 g/mol. The maximum atomic E-state index is 12.7. The van der Waals surface area contributed by atoms with Crippen molar-refractivity contribution in [3.63, 3.8) is 0 Å². The minimum absolute atomic E-state index is 0.0565. The van der Waals surface area contributed by atoms with Crippen LogP contribution in [-0.2, 0) is 16.0 Å². The van der Waals surface area contributed by atoms with Crippen molar-refractivity contribution in [3.05, 3.63) is 58.3 Å². The third kappa shape index (κ3) is 4.52. The van der Waals surface area contributed by atoms with Gasteiger partial charge >= 0.3 is 5.97 Å². The summed E-state index contributed by atoms with van der Waals surface area (Å²) in [5.41, 5.74) is 1.52. The van der Waals surface area contributed by atoms with Crippen LogP contribution in [0.1, 0.15) is 23.0 Å². The standard InChI is InChI=1S/C19H18ClN3O4S/c1-3-27-17(24)8-12-11-28-19(21-12)22-18(25)13-9-14(20)15(10-16(13)26-2)23-6-4-5-7-23/h4-7,9-11H,3,8H2,1-2H3,(H,21,22,25). The molecule has 0 bridgehead atoms. The number of nitrogens with zero attached hydrogens (tertiary/aromatic N) is 2. The molecule has 1 amide bonds. The number of amides is 1. The van der Waals surface area contributed by atoms with Crippen molar-refractivity contribution >= 4 is 39.9 Å². The van der Waals surface area contributed by atoms with Crippen LogP contribution in [0.15, 0.2) is 42.0 Å². The topological polar surface area (TPSA) is 82.5 Å². The SMILES string of the molecule is CCOC(=O)Cc1csc(NC(=O)c2cc(Cl)c(-n3cccc3)cc2OC)n1. The van der Waals surface area contributed by atoms with Gasteiger partial charge in [0.2, 0.25) is 0 Å². The predicted molar refractivity (Wildman–Crippen MR) is 108 cm³/mol. The minimum atomic E-state index is -0.408. The number of benzene rings is 1. The normalized spacial score (nSPS) is 10.5. The van der Waals surface area contributed by atoms with Crippen molar-refractivity contribution in [1.29, 1.82) is 0 Å². The highest BCUT2D eigenvalue weighted by Gasteiger charge is 2.18. The van der Waals surface area contributed by atoms with Gasteiger partial charge in [0.05, 0.1) is 42.1 Å². The fraction of sp³-hybridized carbons (Fsp3) is 0.211. The van der Waals surface area contributed by atoms with E-state index >= 15 is 0 Å². The van der Waals surface area contributed by atoms with Crippen LogP contribution in [0.4, 0.5) is 5.13 Å². The molecule has 0 spiro atoms. The van der Waals surface area contributed by atoms with Gasteiger partial charge < -0.3 is 14.0 Å². The van der Waals surface area contributed by atoms with E-state index in [1.165, 1.54) is 18.4 Å². The first kappa shape index (κ1) is 19.9. The molecule has 7 nitrogen and oxygen atoms in total. The lowest BCUT2D eigenvalue weighted by Gasteiger charge is -2.13. The van der Waals surface area contributed by atoms with Gasteiger partial charge in [-0.15, -0.1) is 11.3 Å². The molecule has 0 aliphatic heterocycles. The van der Waals surface area contributed by atoms with Crippen LogP contribution in [0, 0.1) is 0 Å². The highest BCUT2D eigenvalue weighted by atomic mass is 35.5. The Kier molecular flexibility index (Phi) is 6.33. The number of hydrogen-bond acceptors (Lipinski definition) is 6. The number of rotatable bonds is 7. The van der Waals surface area contributed by atoms with E-state index in [0.717, 1.165) is 0 Å². The second kappa shape index (κ2) is 8.90. The Balaban J connectivity index is 1.78. The summed E-state index contributed by atoms with van der Waals surface area (Å²) < 4.78 is 12.1. The summed E-state index contributed by atoms with van der Waals surface area (Å²) in [6, 6.07) is 7.00. The first-order valence-electron chi connectivity index (χ1n) is 8.44. The number of carbonyl (C=O) groups excluding carboxylic acids is 2. The zero-order valence-electron chi connectivity index (χ0n) is 15.3. The summed E-state index contributed by atoms with van der Waals surface area (Å²) in [5.74, 6) is -0.386. The quantitative estimate of drug-likeness (QED) is 0.586. The molecule has 0 radical (unpaired) electrons. The molecule has 1 N–H and O–H groups in total. The molecule has 146 valence electrons.